The number of halogens is 2. The van der Waals surface area contributed by atoms with E-state index in [2.05, 4.69) is 10.0 Å². The molecule has 0 spiro atoms. The van der Waals surface area contributed by atoms with Crippen molar-refractivity contribution in [3.05, 3.63) is 58.4 Å². The lowest BCUT2D eigenvalue weighted by Gasteiger charge is -2.30. The molecule has 0 bridgehead atoms. The van der Waals surface area contributed by atoms with Gasteiger partial charge in [-0.2, -0.15) is 0 Å². The number of hydrogen-bond donors (Lipinski definition) is 4. The molecular formula is C19H19ClFN3O5S. The van der Waals surface area contributed by atoms with Crippen LogP contribution in [0.25, 0.3) is 0 Å². The van der Waals surface area contributed by atoms with E-state index in [1.54, 1.807) is 18.2 Å². The largest absolute Gasteiger partial charge is 0.376 e. The Morgan fingerprint density at radius 3 is 2.83 bits per heavy atom. The first-order valence-corrected chi connectivity index (χ1v) is 11.1. The van der Waals surface area contributed by atoms with Gasteiger partial charge in [0, 0.05) is 30.2 Å². The highest BCUT2D eigenvalue weighted by Gasteiger charge is 2.51. The van der Waals surface area contributed by atoms with Crippen LogP contribution >= 0.6 is 11.6 Å². The fraction of sp³-hybridized carbons (Fsp3) is 0.316. The number of carbonyl (C=O) groups excluding carboxylic acids is 1. The van der Waals surface area contributed by atoms with Gasteiger partial charge < -0.3 is 20.4 Å². The van der Waals surface area contributed by atoms with Gasteiger partial charge >= 0.3 is 0 Å². The summed E-state index contributed by atoms with van der Waals surface area (Å²) in [6, 6.07) is 8.62. The highest BCUT2D eigenvalue weighted by atomic mass is 35.5. The summed E-state index contributed by atoms with van der Waals surface area (Å²) in [5, 5.41) is 24.2. The van der Waals surface area contributed by atoms with E-state index < -0.39 is 33.6 Å². The lowest BCUT2D eigenvalue weighted by molar-refractivity contribution is -0.148. The standard InChI is InChI=1S/C19H19ClFN3O5S/c20-13-5-11(6-14(21)8-13)9-22-17(25)19(27)3-4-24(18(19)26)15-1-2-16-12(7-15)10-30(28,29)23-16/h1-2,5-8,18,23,26-27H,3-4,9-10H2,(H,22,25). The van der Waals surface area contributed by atoms with Crippen LogP contribution in [0.15, 0.2) is 36.4 Å². The molecule has 0 radical (unpaired) electrons. The quantitative estimate of drug-likeness (QED) is 0.552. The second-order valence-electron chi connectivity index (χ2n) is 7.40. The first kappa shape index (κ1) is 20.9. The van der Waals surface area contributed by atoms with Crippen molar-refractivity contribution in [3.8, 4) is 0 Å². The van der Waals surface area contributed by atoms with E-state index >= 15 is 0 Å². The molecule has 2 atom stereocenters. The Hall–Kier alpha value is -2.40. The Morgan fingerprint density at radius 2 is 2.10 bits per heavy atom. The molecule has 2 aliphatic rings. The van der Waals surface area contributed by atoms with E-state index in [9.17, 15) is 27.8 Å². The summed E-state index contributed by atoms with van der Waals surface area (Å²) in [7, 11) is -3.42. The smallest absolute Gasteiger partial charge is 0.257 e. The van der Waals surface area contributed by atoms with Crippen molar-refractivity contribution >= 4 is 38.9 Å². The maximum absolute atomic E-state index is 13.4. The second kappa shape index (κ2) is 7.38. The molecule has 8 nitrogen and oxygen atoms in total. The summed E-state index contributed by atoms with van der Waals surface area (Å²) >= 11 is 5.80. The van der Waals surface area contributed by atoms with E-state index in [0.29, 0.717) is 22.5 Å². The van der Waals surface area contributed by atoms with Crippen LogP contribution in [-0.4, -0.2) is 42.9 Å². The molecule has 1 amide bonds. The summed E-state index contributed by atoms with van der Waals surface area (Å²) in [6.07, 6.45) is -1.59. The Morgan fingerprint density at radius 1 is 1.33 bits per heavy atom. The maximum Gasteiger partial charge on any atom is 0.257 e. The number of rotatable bonds is 4. The van der Waals surface area contributed by atoms with Gasteiger partial charge in [-0.05, 0) is 47.5 Å². The van der Waals surface area contributed by atoms with Crippen LogP contribution in [0.5, 0.6) is 0 Å². The van der Waals surface area contributed by atoms with Gasteiger partial charge in [0.15, 0.2) is 11.8 Å². The zero-order chi connectivity index (χ0) is 21.7. The van der Waals surface area contributed by atoms with E-state index in [0.717, 1.165) is 6.07 Å². The third-order valence-corrected chi connectivity index (χ3v) is 6.70. The lowest BCUT2D eigenvalue weighted by Crippen LogP contribution is -2.55. The zero-order valence-corrected chi connectivity index (χ0v) is 17.2. The lowest BCUT2D eigenvalue weighted by atomic mass is 10.00. The topological polar surface area (TPSA) is 119 Å². The van der Waals surface area contributed by atoms with E-state index in [1.807, 2.05) is 0 Å². The number of amides is 1. The van der Waals surface area contributed by atoms with Gasteiger partial charge in [0.05, 0.1) is 11.4 Å². The highest BCUT2D eigenvalue weighted by Crippen LogP contribution is 2.36. The molecule has 11 heteroatoms. The first-order valence-electron chi connectivity index (χ1n) is 9.11. The fourth-order valence-electron chi connectivity index (χ4n) is 3.74. The number of sulfonamides is 1. The summed E-state index contributed by atoms with van der Waals surface area (Å²) < 4.78 is 39.3. The van der Waals surface area contributed by atoms with Crippen LogP contribution in [0.4, 0.5) is 15.8 Å². The van der Waals surface area contributed by atoms with Crippen LogP contribution < -0.4 is 14.9 Å². The zero-order valence-electron chi connectivity index (χ0n) is 15.6. The van der Waals surface area contributed by atoms with Gasteiger partial charge in [-0.25, -0.2) is 12.8 Å². The highest BCUT2D eigenvalue weighted by molar-refractivity contribution is 7.92. The van der Waals surface area contributed by atoms with Gasteiger partial charge in [0.25, 0.3) is 5.91 Å². The Labute approximate surface area is 177 Å². The number of benzene rings is 2. The molecule has 4 rings (SSSR count). The van der Waals surface area contributed by atoms with Gasteiger partial charge in [0.1, 0.15) is 5.82 Å². The van der Waals surface area contributed by atoms with Gasteiger partial charge in [-0.1, -0.05) is 11.6 Å². The van der Waals surface area contributed by atoms with Crippen LogP contribution in [0.3, 0.4) is 0 Å². The van der Waals surface area contributed by atoms with Crippen molar-refractivity contribution in [2.24, 2.45) is 0 Å². The van der Waals surface area contributed by atoms with Crippen molar-refractivity contribution in [1.82, 2.24) is 5.32 Å². The number of fused-ring (bicyclic) bond motifs is 1. The van der Waals surface area contributed by atoms with Crippen LogP contribution in [0, 0.1) is 5.82 Å². The SMILES string of the molecule is O=C(NCc1cc(F)cc(Cl)c1)C1(O)CCN(c2ccc3c(c2)CS(=O)(=O)N3)C1O. The van der Waals surface area contributed by atoms with E-state index in [1.165, 1.54) is 17.0 Å². The molecule has 0 aliphatic carbocycles. The van der Waals surface area contributed by atoms with Gasteiger partial charge in [0.2, 0.25) is 10.0 Å². The molecule has 2 heterocycles. The molecule has 2 aromatic carbocycles. The summed E-state index contributed by atoms with van der Waals surface area (Å²) in [6.45, 7) is 0.101. The summed E-state index contributed by atoms with van der Waals surface area (Å²) in [5.74, 6) is -1.53. The molecule has 0 aromatic heterocycles. The van der Waals surface area contributed by atoms with Crippen molar-refractivity contribution in [3.63, 3.8) is 0 Å². The Balaban J connectivity index is 1.48. The number of aliphatic hydroxyl groups excluding tert-OH is 1. The van der Waals surface area contributed by atoms with Gasteiger partial charge in [-0.15, -0.1) is 0 Å². The molecular weight excluding hydrogens is 437 g/mol. The predicted molar refractivity (Wildman–Crippen MR) is 109 cm³/mol. The third kappa shape index (κ3) is 3.83. The van der Waals surface area contributed by atoms with Crippen LogP contribution in [0.2, 0.25) is 5.02 Å². The molecule has 0 saturated carbocycles. The van der Waals surface area contributed by atoms with E-state index in [-0.39, 0.29) is 30.3 Å². The number of nitrogens with zero attached hydrogens (tertiary/aromatic N) is 1. The first-order chi connectivity index (χ1) is 14.1. The minimum Gasteiger partial charge on any atom is -0.376 e. The number of anilines is 2. The van der Waals surface area contributed by atoms with Gasteiger partial charge in [-0.3, -0.25) is 9.52 Å². The average Bonchev–Trinajstić information content (AvgIpc) is 3.13. The third-order valence-electron chi connectivity index (χ3n) is 5.26. The summed E-state index contributed by atoms with van der Waals surface area (Å²) in [5.41, 5.74) is -0.174. The molecule has 2 aromatic rings. The fourth-order valence-corrected chi connectivity index (χ4v) is 5.23. The molecule has 2 unspecified atom stereocenters. The molecule has 160 valence electrons. The van der Waals surface area contributed by atoms with Crippen LogP contribution in [0.1, 0.15) is 17.5 Å². The molecule has 4 N–H and O–H groups in total. The molecule has 1 fully saturated rings. The minimum atomic E-state index is -3.42. The maximum atomic E-state index is 13.4. The average molecular weight is 456 g/mol. The number of carbonyl (C=O) groups is 1. The van der Waals surface area contributed by atoms with Crippen molar-refractivity contribution in [1.29, 1.82) is 0 Å². The summed E-state index contributed by atoms with van der Waals surface area (Å²) in [4.78, 5) is 14.0. The monoisotopic (exact) mass is 455 g/mol. The van der Waals surface area contributed by atoms with Crippen molar-refractivity contribution in [2.45, 2.75) is 30.5 Å². The second-order valence-corrected chi connectivity index (χ2v) is 9.56. The Bertz CT molecular complexity index is 1110. The normalized spacial score (nSPS) is 24.4. The number of nitrogens with one attached hydrogen (secondary N) is 2. The number of aliphatic hydroxyl groups is 2. The number of hydrogen-bond acceptors (Lipinski definition) is 6. The van der Waals surface area contributed by atoms with Crippen LogP contribution in [-0.2, 0) is 27.1 Å². The minimum absolute atomic E-state index is 0.0441. The van der Waals surface area contributed by atoms with Crippen molar-refractivity contribution < 1.29 is 27.8 Å². The molecule has 30 heavy (non-hydrogen) atoms. The molecule has 1 saturated heterocycles. The molecule has 2 aliphatic heterocycles. The predicted octanol–water partition coefficient (Wildman–Crippen LogP) is 1.31. The van der Waals surface area contributed by atoms with E-state index in [4.69, 9.17) is 11.6 Å². The van der Waals surface area contributed by atoms with Crippen molar-refractivity contribution in [2.75, 3.05) is 16.2 Å². The Kier molecular flexibility index (Phi) is 5.13.